The van der Waals surface area contributed by atoms with Crippen molar-refractivity contribution in [3.8, 4) is 0 Å². The lowest BCUT2D eigenvalue weighted by Gasteiger charge is -2.22. The zero-order chi connectivity index (χ0) is 12.1. The number of carbonyl (C=O) groups is 1. The minimum atomic E-state index is -0.354. The van der Waals surface area contributed by atoms with Crippen LogP contribution in [0.25, 0.3) is 0 Å². The predicted octanol–water partition coefficient (Wildman–Crippen LogP) is 1.72. The van der Waals surface area contributed by atoms with Gasteiger partial charge in [0.15, 0.2) is 0 Å². The lowest BCUT2D eigenvalue weighted by molar-refractivity contribution is 0.100. The number of piperidine rings is 1. The van der Waals surface area contributed by atoms with Crippen molar-refractivity contribution < 1.29 is 4.79 Å². The van der Waals surface area contributed by atoms with E-state index in [1.165, 1.54) is 31.4 Å². The fraction of sp³-hybridized carbons (Fsp3) is 0.500. The molecule has 0 radical (unpaired) electrons. The molecule has 0 aliphatic carbocycles. The highest BCUT2D eigenvalue weighted by Crippen LogP contribution is 2.17. The van der Waals surface area contributed by atoms with Crippen LogP contribution in [-0.2, 0) is 6.42 Å². The minimum absolute atomic E-state index is 0.354. The quantitative estimate of drug-likeness (QED) is 0.830. The van der Waals surface area contributed by atoms with E-state index in [1.54, 1.807) is 0 Å². The largest absolute Gasteiger partial charge is 0.366 e. The van der Waals surface area contributed by atoms with Crippen LogP contribution in [0.5, 0.6) is 0 Å². The maximum absolute atomic E-state index is 10.9. The van der Waals surface area contributed by atoms with Gasteiger partial charge in [0.05, 0.1) is 0 Å². The van der Waals surface area contributed by atoms with Crippen molar-refractivity contribution in [2.24, 2.45) is 11.7 Å². The van der Waals surface area contributed by atoms with Crippen molar-refractivity contribution in [1.29, 1.82) is 0 Å². The Morgan fingerprint density at radius 3 is 2.71 bits per heavy atom. The van der Waals surface area contributed by atoms with E-state index < -0.39 is 0 Å². The van der Waals surface area contributed by atoms with Gasteiger partial charge in [-0.25, -0.2) is 0 Å². The Bertz CT molecular complexity index is 366. The number of primary amides is 1. The standard InChI is InChI=1S/C14H20N2O/c15-14(17)13-7-5-11(6-8-13)3-4-12-2-1-9-16-10-12/h5-8,12,16H,1-4,9-10H2,(H2,15,17). The molecular formula is C14H20N2O. The Kier molecular flexibility index (Phi) is 4.15. The molecular weight excluding hydrogens is 212 g/mol. The second-order valence-corrected chi connectivity index (χ2v) is 4.81. The molecule has 3 nitrogen and oxygen atoms in total. The molecule has 0 spiro atoms. The maximum Gasteiger partial charge on any atom is 0.248 e. The van der Waals surface area contributed by atoms with E-state index in [2.05, 4.69) is 5.32 Å². The smallest absolute Gasteiger partial charge is 0.248 e. The molecule has 3 N–H and O–H groups in total. The zero-order valence-corrected chi connectivity index (χ0v) is 10.1. The molecule has 1 saturated heterocycles. The third kappa shape index (κ3) is 3.56. The number of benzene rings is 1. The Balaban J connectivity index is 1.84. The van der Waals surface area contributed by atoms with Crippen molar-refractivity contribution in [2.45, 2.75) is 25.7 Å². The molecule has 1 fully saturated rings. The van der Waals surface area contributed by atoms with E-state index in [4.69, 9.17) is 5.73 Å². The van der Waals surface area contributed by atoms with E-state index in [0.29, 0.717) is 5.56 Å². The minimum Gasteiger partial charge on any atom is -0.366 e. The molecule has 17 heavy (non-hydrogen) atoms. The molecule has 92 valence electrons. The van der Waals surface area contributed by atoms with Crippen LogP contribution in [0.4, 0.5) is 0 Å². The van der Waals surface area contributed by atoms with Crippen LogP contribution in [0.2, 0.25) is 0 Å². The van der Waals surface area contributed by atoms with Crippen molar-refractivity contribution in [3.05, 3.63) is 35.4 Å². The summed E-state index contributed by atoms with van der Waals surface area (Å²) in [6.07, 6.45) is 4.95. The normalized spacial score (nSPS) is 20.1. The first kappa shape index (κ1) is 12.1. The Hall–Kier alpha value is -1.35. The summed E-state index contributed by atoms with van der Waals surface area (Å²) in [6, 6.07) is 7.65. The van der Waals surface area contributed by atoms with Crippen LogP contribution < -0.4 is 11.1 Å². The highest BCUT2D eigenvalue weighted by atomic mass is 16.1. The summed E-state index contributed by atoms with van der Waals surface area (Å²) in [7, 11) is 0. The molecule has 3 heteroatoms. The SMILES string of the molecule is NC(=O)c1ccc(CCC2CCCNC2)cc1. The summed E-state index contributed by atoms with van der Waals surface area (Å²) >= 11 is 0. The molecule has 1 atom stereocenters. The fourth-order valence-corrected chi connectivity index (χ4v) is 2.38. The van der Waals surface area contributed by atoms with Crippen LogP contribution in [0, 0.1) is 5.92 Å². The molecule has 1 aliphatic rings. The van der Waals surface area contributed by atoms with Gasteiger partial charge in [0.25, 0.3) is 0 Å². The Morgan fingerprint density at radius 1 is 1.35 bits per heavy atom. The number of hydrogen-bond acceptors (Lipinski definition) is 2. The van der Waals surface area contributed by atoms with Gasteiger partial charge in [0, 0.05) is 5.56 Å². The lowest BCUT2D eigenvalue weighted by Crippen LogP contribution is -2.29. The fourth-order valence-electron chi connectivity index (χ4n) is 2.38. The highest BCUT2D eigenvalue weighted by molar-refractivity contribution is 5.92. The number of carbonyl (C=O) groups excluding carboxylic acids is 1. The van der Waals surface area contributed by atoms with Gasteiger partial charge >= 0.3 is 0 Å². The number of nitrogens with one attached hydrogen (secondary N) is 1. The topological polar surface area (TPSA) is 55.1 Å². The van der Waals surface area contributed by atoms with Gasteiger partial charge < -0.3 is 11.1 Å². The molecule has 1 aromatic carbocycles. The summed E-state index contributed by atoms with van der Waals surface area (Å²) in [6.45, 7) is 2.32. The molecule has 0 aromatic heterocycles. The monoisotopic (exact) mass is 232 g/mol. The van der Waals surface area contributed by atoms with Gasteiger partial charge in [0.1, 0.15) is 0 Å². The number of amides is 1. The summed E-state index contributed by atoms with van der Waals surface area (Å²) < 4.78 is 0. The summed E-state index contributed by atoms with van der Waals surface area (Å²) in [5.41, 5.74) is 7.09. The van der Waals surface area contributed by atoms with Crippen LogP contribution in [0.15, 0.2) is 24.3 Å². The number of aryl methyl sites for hydroxylation is 1. The predicted molar refractivity (Wildman–Crippen MR) is 68.9 cm³/mol. The third-order valence-electron chi connectivity index (χ3n) is 3.48. The lowest BCUT2D eigenvalue weighted by atomic mass is 9.92. The molecule has 1 aliphatic heterocycles. The van der Waals surface area contributed by atoms with Gasteiger partial charge in [-0.2, -0.15) is 0 Å². The second kappa shape index (κ2) is 5.82. The van der Waals surface area contributed by atoms with Gasteiger partial charge in [-0.05, 0) is 62.4 Å². The molecule has 0 bridgehead atoms. The van der Waals surface area contributed by atoms with E-state index in [1.807, 2.05) is 24.3 Å². The van der Waals surface area contributed by atoms with E-state index >= 15 is 0 Å². The summed E-state index contributed by atoms with van der Waals surface area (Å²) in [5, 5.41) is 3.43. The van der Waals surface area contributed by atoms with Crippen LogP contribution in [0.1, 0.15) is 35.2 Å². The van der Waals surface area contributed by atoms with Gasteiger partial charge in [0.2, 0.25) is 5.91 Å². The molecule has 2 rings (SSSR count). The molecule has 1 heterocycles. The van der Waals surface area contributed by atoms with Crippen molar-refractivity contribution >= 4 is 5.91 Å². The van der Waals surface area contributed by atoms with E-state index in [0.717, 1.165) is 18.9 Å². The van der Waals surface area contributed by atoms with E-state index in [-0.39, 0.29) is 5.91 Å². The number of hydrogen-bond donors (Lipinski definition) is 2. The average molecular weight is 232 g/mol. The second-order valence-electron chi connectivity index (χ2n) is 4.81. The summed E-state index contributed by atoms with van der Waals surface area (Å²) in [5.74, 6) is 0.451. The molecule has 1 aromatic rings. The van der Waals surface area contributed by atoms with Crippen LogP contribution in [-0.4, -0.2) is 19.0 Å². The Morgan fingerprint density at radius 2 is 2.12 bits per heavy atom. The Labute approximate surface area is 102 Å². The van der Waals surface area contributed by atoms with Crippen molar-refractivity contribution in [3.63, 3.8) is 0 Å². The van der Waals surface area contributed by atoms with Gasteiger partial charge in [-0.1, -0.05) is 12.1 Å². The maximum atomic E-state index is 10.9. The van der Waals surface area contributed by atoms with Gasteiger partial charge in [-0.3, -0.25) is 4.79 Å². The van der Waals surface area contributed by atoms with Crippen molar-refractivity contribution in [1.82, 2.24) is 5.32 Å². The summed E-state index contributed by atoms with van der Waals surface area (Å²) in [4.78, 5) is 10.9. The number of nitrogens with two attached hydrogens (primary N) is 1. The zero-order valence-electron chi connectivity index (χ0n) is 10.1. The third-order valence-corrected chi connectivity index (χ3v) is 3.48. The molecule has 0 saturated carbocycles. The first-order valence-corrected chi connectivity index (χ1v) is 6.35. The number of rotatable bonds is 4. The van der Waals surface area contributed by atoms with E-state index in [9.17, 15) is 4.79 Å². The molecule has 1 unspecified atom stereocenters. The van der Waals surface area contributed by atoms with Gasteiger partial charge in [-0.15, -0.1) is 0 Å². The molecule has 1 amide bonds. The first-order valence-electron chi connectivity index (χ1n) is 6.35. The van der Waals surface area contributed by atoms with Crippen molar-refractivity contribution in [2.75, 3.05) is 13.1 Å². The highest BCUT2D eigenvalue weighted by Gasteiger charge is 2.12. The first-order chi connectivity index (χ1) is 8.25. The van der Waals surface area contributed by atoms with Crippen LogP contribution >= 0.6 is 0 Å². The average Bonchev–Trinajstić information content (AvgIpc) is 2.38. The van der Waals surface area contributed by atoms with Crippen LogP contribution in [0.3, 0.4) is 0 Å².